The molecule has 0 saturated heterocycles. The van der Waals surface area contributed by atoms with E-state index >= 15 is 0 Å². The van der Waals surface area contributed by atoms with Gasteiger partial charge in [0.15, 0.2) is 12.0 Å². The van der Waals surface area contributed by atoms with Crippen LogP contribution in [-0.2, 0) is 9.53 Å². The van der Waals surface area contributed by atoms with Crippen molar-refractivity contribution in [3.63, 3.8) is 0 Å². The summed E-state index contributed by atoms with van der Waals surface area (Å²) in [5.74, 6) is -0.129. The molecule has 3 rings (SSSR count). The maximum atomic E-state index is 11.6. The molecule has 1 aromatic carbocycles. The number of ether oxygens (including phenoxy) is 1. The van der Waals surface area contributed by atoms with E-state index < -0.39 is 0 Å². The van der Waals surface area contributed by atoms with Crippen LogP contribution in [0.3, 0.4) is 0 Å². The minimum Gasteiger partial charge on any atom is -0.469 e. The zero-order valence-corrected chi connectivity index (χ0v) is 10.1. The quantitative estimate of drug-likeness (QED) is 0.838. The minimum absolute atomic E-state index is 0.129. The number of anilines is 1. The van der Waals surface area contributed by atoms with Gasteiger partial charge in [-0.15, -0.1) is 0 Å². The van der Waals surface area contributed by atoms with Gasteiger partial charge in [-0.3, -0.25) is 4.79 Å². The van der Waals surface area contributed by atoms with Crippen LogP contribution >= 0.6 is 0 Å². The number of oxazole rings is 1. The van der Waals surface area contributed by atoms with Crippen molar-refractivity contribution < 1.29 is 13.9 Å². The Labute approximate surface area is 104 Å². The maximum Gasteiger partial charge on any atom is 0.313 e. The molecule has 0 aliphatic heterocycles. The molecule has 1 N–H and O–H groups in total. The summed E-state index contributed by atoms with van der Waals surface area (Å²) in [7, 11) is 1.43. The molecule has 0 spiro atoms. The molecule has 5 heteroatoms. The van der Waals surface area contributed by atoms with Crippen molar-refractivity contribution in [3.8, 4) is 0 Å². The van der Waals surface area contributed by atoms with Gasteiger partial charge >= 0.3 is 5.97 Å². The molecule has 0 unspecified atom stereocenters. The largest absolute Gasteiger partial charge is 0.469 e. The molecule has 94 valence electrons. The molecule has 1 aromatic heterocycles. The molecule has 5 nitrogen and oxygen atoms in total. The van der Waals surface area contributed by atoms with Crippen LogP contribution in [0.5, 0.6) is 0 Å². The number of carbonyl (C=O) groups is 1. The topological polar surface area (TPSA) is 64.4 Å². The second kappa shape index (κ2) is 4.01. The third-order valence-corrected chi connectivity index (χ3v) is 3.43. The van der Waals surface area contributed by atoms with Crippen LogP contribution in [0.1, 0.15) is 12.8 Å². The van der Waals surface area contributed by atoms with Crippen molar-refractivity contribution in [2.75, 3.05) is 19.0 Å². The Bertz CT molecular complexity index is 587. The average molecular weight is 246 g/mol. The standard InChI is InChI=1S/C13H14N2O3/c1-17-12(16)13(4-5-13)7-14-9-2-3-10-11(6-9)18-8-15-10/h2-3,6,8,14H,4-5,7H2,1H3. The lowest BCUT2D eigenvalue weighted by Gasteiger charge is -2.14. The monoisotopic (exact) mass is 246 g/mol. The van der Waals surface area contributed by atoms with Gasteiger partial charge in [0.25, 0.3) is 0 Å². The summed E-state index contributed by atoms with van der Waals surface area (Å²) >= 11 is 0. The van der Waals surface area contributed by atoms with Crippen LogP contribution in [0.2, 0.25) is 0 Å². The lowest BCUT2D eigenvalue weighted by molar-refractivity contribution is -0.146. The highest BCUT2D eigenvalue weighted by molar-refractivity contribution is 5.81. The fourth-order valence-corrected chi connectivity index (χ4v) is 2.06. The second-order valence-corrected chi connectivity index (χ2v) is 4.66. The van der Waals surface area contributed by atoms with Gasteiger partial charge in [0, 0.05) is 18.3 Å². The molecule has 0 atom stereocenters. The predicted molar refractivity (Wildman–Crippen MR) is 66.2 cm³/mol. The Morgan fingerprint density at radius 1 is 1.56 bits per heavy atom. The molecular formula is C13H14N2O3. The van der Waals surface area contributed by atoms with Crippen LogP contribution in [-0.4, -0.2) is 24.6 Å². The molecular weight excluding hydrogens is 232 g/mol. The summed E-state index contributed by atoms with van der Waals surface area (Å²) in [5, 5.41) is 3.26. The molecule has 18 heavy (non-hydrogen) atoms. The summed E-state index contributed by atoms with van der Waals surface area (Å²) in [4.78, 5) is 15.7. The third-order valence-electron chi connectivity index (χ3n) is 3.43. The minimum atomic E-state index is -0.328. The second-order valence-electron chi connectivity index (χ2n) is 4.66. The SMILES string of the molecule is COC(=O)C1(CNc2ccc3ncoc3c2)CC1. The Kier molecular flexibility index (Phi) is 2.47. The first kappa shape index (κ1) is 11.1. The van der Waals surface area contributed by atoms with Gasteiger partial charge in [0.2, 0.25) is 0 Å². The summed E-state index contributed by atoms with van der Waals surface area (Å²) in [6, 6.07) is 5.70. The number of nitrogens with one attached hydrogen (secondary N) is 1. The first-order valence-electron chi connectivity index (χ1n) is 5.89. The molecule has 1 fully saturated rings. The van der Waals surface area contributed by atoms with E-state index in [0.29, 0.717) is 6.54 Å². The summed E-state index contributed by atoms with van der Waals surface area (Å²) in [6.07, 6.45) is 3.19. The van der Waals surface area contributed by atoms with Crippen molar-refractivity contribution in [2.24, 2.45) is 5.41 Å². The zero-order chi connectivity index (χ0) is 12.6. The van der Waals surface area contributed by atoms with E-state index in [2.05, 4.69) is 10.3 Å². The third kappa shape index (κ3) is 1.81. The average Bonchev–Trinajstić information content (AvgIpc) is 3.05. The first-order valence-corrected chi connectivity index (χ1v) is 5.89. The van der Waals surface area contributed by atoms with Crippen LogP contribution in [0, 0.1) is 5.41 Å². The van der Waals surface area contributed by atoms with E-state index in [4.69, 9.17) is 9.15 Å². The molecule has 1 heterocycles. The highest BCUT2D eigenvalue weighted by atomic mass is 16.5. The first-order chi connectivity index (χ1) is 8.73. The number of hydrogen-bond donors (Lipinski definition) is 1. The molecule has 1 saturated carbocycles. The normalized spacial score (nSPS) is 16.5. The number of benzene rings is 1. The number of rotatable bonds is 4. The lowest BCUT2D eigenvalue weighted by atomic mass is 10.1. The molecule has 1 aliphatic carbocycles. The summed E-state index contributed by atoms with van der Waals surface area (Å²) in [6.45, 7) is 0.597. The van der Waals surface area contributed by atoms with Crippen LogP contribution < -0.4 is 5.32 Å². The van der Waals surface area contributed by atoms with E-state index in [1.165, 1.54) is 13.5 Å². The number of aromatic nitrogens is 1. The van der Waals surface area contributed by atoms with Crippen LogP contribution in [0.4, 0.5) is 5.69 Å². The molecule has 0 amide bonds. The molecule has 0 radical (unpaired) electrons. The smallest absolute Gasteiger partial charge is 0.313 e. The van der Waals surface area contributed by atoms with E-state index in [1.54, 1.807) is 0 Å². The van der Waals surface area contributed by atoms with E-state index in [9.17, 15) is 4.79 Å². The Morgan fingerprint density at radius 3 is 3.11 bits per heavy atom. The fourth-order valence-electron chi connectivity index (χ4n) is 2.06. The number of hydrogen-bond acceptors (Lipinski definition) is 5. The zero-order valence-electron chi connectivity index (χ0n) is 10.1. The lowest BCUT2D eigenvalue weighted by Crippen LogP contribution is -2.25. The van der Waals surface area contributed by atoms with Crippen molar-refractivity contribution in [2.45, 2.75) is 12.8 Å². The van der Waals surface area contributed by atoms with Gasteiger partial charge in [-0.2, -0.15) is 0 Å². The molecule has 2 aromatic rings. The van der Waals surface area contributed by atoms with Crippen molar-refractivity contribution >= 4 is 22.8 Å². The van der Waals surface area contributed by atoms with E-state index in [-0.39, 0.29) is 11.4 Å². The maximum absolute atomic E-state index is 11.6. The Hall–Kier alpha value is -2.04. The van der Waals surface area contributed by atoms with Gasteiger partial charge in [-0.1, -0.05) is 0 Å². The highest BCUT2D eigenvalue weighted by Crippen LogP contribution is 2.46. The number of methoxy groups -OCH3 is 1. The van der Waals surface area contributed by atoms with E-state index in [1.807, 2.05) is 18.2 Å². The Morgan fingerprint density at radius 2 is 2.39 bits per heavy atom. The fraction of sp³-hybridized carbons (Fsp3) is 0.385. The van der Waals surface area contributed by atoms with Gasteiger partial charge in [-0.25, -0.2) is 4.98 Å². The van der Waals surface area contributed by atoms with Crippen LogP contribution in [0.15, 0.2) is 29.0 Å². The number of nitrogens with zero attached hydrogens (tertiary/aromatic N) is 1. The van der Waals surface area contributed by atoms with Gasteiger partial charge in [-0.05, 0) is 25.0 Å². The predicted octanol–water partition coefficient (Wildman–Crippen LogP) is 2.19. The van der Waals surface area contributed by atoms with Crippen molar-refractivity contribution in [1.82, 2.24) is 4.98 Å². The van der Waals surface area contributed by atoms with Gasteiger partial charge in [0.1, 0.15) is 5.52 Å². The van der Waals surface area contributed by atoms with Gasteiger partial charge < -0.3 is 14.5 Å². The van der Waals surface area contributed by atoms with Crippen molar-refractivity contribution in [3.05, 3.63) is 24.6 Å². The summed E-state index contributed by atoms with van der Waals surface area (Å²) < 4.78 is 10.0. The van der Waals surface area contributed by atoms with Crippen LogP contribution in [0.25, 0.3) is 11.1 Å². The van der Waals surface area contributed by atoms with E-state index in [0.717, 1.165) is 29.6 Å². The van der Waals surface area contributed by atoms with Crippen molar-refractivity contribution in [1.29, 1.82) is 0 Å². The number of fused-ring (bicyclic) bond motifs is 1. The number of carbonyl (C=O) groups excluding carboxylic acids is 1. The highest BCUT2D eigenvalue weighted by Gasteiger charge is 2.50. The molecule has 1 aliphatic rings. The molecule has 0 bridgehead atoms. The Balaban J connectivity index is 1.71. The van der Waals surface area contributed by atoms with Gasteiger partial charge in [0.05, 0.1) is 12.5 Å². The summed E-state index contributed by atoms with van der Waals surface area (Å²) in [5.41, 5.74) is 2.16. The number of esters is 1.